The second-order valence-corrected chi connectivity index (χ2v) is 4.89. The largest absolute Gasteiger partial charge is 0.508 e. The van der Waals surface area contributed by atoms with Gasteiger partial charge >= 0.3 is 0 Å². The van der Waals surface area contributed by atoms with Gasteiger partial charge in [-0.15, -0.1) is 0 Å². The predicted molar refractivity (Wildman–Crippen MR) is 70.8 cm³/mol. The fraction of sp³-hybridized carbons (Fsp3) is 0. The molecule has 0 aliphatic carbocycles. The van der Waals surface area contributed by atoms with Crippen LogP contribution in [0.1, 0.15) is 0 Å². The molecule has 2 aromatic carbocycles. The zero-order chi connectivity index (χ0) is 13.6. The van der Waals surface area contributed by atoms with E-state index in [1.54, 1.807) is 0 Å². The van der Waals surface area contributed by atoms with Crippen LogP contribution in [0.25, 0.3) is 22.4 Å². The summed E-state index contributed by atoms with van der Waals surface area (Å²) in [6.45, 7) is 0. The molecular weight excluding hydrogens is 318 g/mol. The second kappa shape index (κ2) is 4.31. The number of aromatic nitrogens is 2. The SMILES string of the molecule is Oc1ccc(-c2nc3cc(Br)c(F)cc3[nH]2)c(F)c1. The van der Waals surface area contributed by atoms with Crippen LogP contribution >= 0.6 is 15.9 Å². The number of nitrogens with one attached hydrogen (secondary N) is 1. The number of H-pyrrole nitrogens is 1. The number of fused-ring (bicyclic) bond motifs is 1. The van der Waals surface area contributed by atoms with Gasteiger partial charge in [-0.25, -0.2) is 13.8 Å². The van der Waals surface area contributed by atoms with Crippen molar-refractivity contribution in [1.29, 1.82) is 0 Å². The summed E-state index contributed by atoms with van der Waals surface area (Å²) in [5, 5.41) is 9.17. The smallest absolute Gasteiger partial charge is 0.141 e. The van der Waals surface area contributed by atoms with E-state index in [1.807, 2.05) is 0 Å². The summed E-state index contributed by atoms with van der Waals surface area (Å²) in [5.41, 5.74) is 1.21. The van der Waals surface area contributed by atoms with Crippen molar-refractivity contribution in [3.8, 4) is 17.1 Å². The summed E-state index contributed by atoms with van der Waals surface area (Å²) in [6, 6.07) is 6.58. The van der Waals surface area contributed by atoms with Crippen LogP contribution in [0.5, 0.6) is 5.75 Å². The van der Waals surface area contributed by atoms with Gasteiger partial charge in [0.1, 0.15) is 23.2 Å². The van der Waals surface area contributed by atoms with Gasteiger partial charge in [0.2, 0.25) is 0 Å². The van der Waals surface area contributed by atoms with E-state index in [1.165, 1.54) is 24.3 Å². The van der Waals surface area contributed by atoms with Crippen molar-refractivity contribution in [2.45, 2.75) is 0 Å². The topological polar surface area (TPSA) is 48.9 Å². The lowest BCUT2D eigenvalue weighted by Crippen LogP contribution is -1.85. The number of benzene rings is 2. The minimum Gasteiger partial charge on any atom is -0.508 e. The molecule has 3 aromatic rings. The molecule has 1 heterocycles. The first-order chi connectivity index (χ1) is 9.04. The average molecular weight is 325 g/mol. The first kappa shape index (κ1) is 12.1. The van der Waals surface area contributed by atoms with Crippen LogP contribution in [-0.4, -0.2) is 15.1 Å². The van der Waals surface area contributed by atoms with Crippen molar-refractivity contribution in [2.24, 2.45) is 0 Å². The van der Waals surface area contributed by atoms with Crippen LogP contribution < -0.4 is 0 Å². The minimum absolute atomic E-state index is 0.161. The Kier molecular flexibility index (Phi) is 2.74. The lowest BCUT2D eigenvalue weighted by atomic mass is 10.2. The van der Waals surface area contributed by atoms with Crippen LogP contribution in [0.2, 0.25) is 0 Å². The number of hydrogen-bond donors (Lipinski definition) is 2. The molecule has 0 aliphatic heterocycles. The third-order valence-corrected chi connectivity index (χ3v) is 3.34. The first-order valence-electron chi connectivity index (χ1n) is 5.38. The molecule has 19 heavy (non-hydrogen) atoms. The van der Waals surface area contributed by atoms with Crippen molar-refractivity contribution in [3.05, 3.63) is 46.4 Å². The number of hydrogen-bond acceptors (Lipinski definition) is 2. The summed E-state index contributed by atoms with van der Waals surface area (Å²) in [7, 11) is 0. The third-order valence-electron chi connectivity index (χ3n) is 2.73. The molecule has 6 heteroatoms. The molecule has 0 spiro atoms. The van der Waals surface area contributed by atoms with Gasteiger partial charge in [0.15, 0.2) is 0 Å². The Balaban J connectivity index is 2.20. The van der Waals surface area contributed by atoms with Crippen LogP contribution in [0.4, 0.5) is 8.78 Å². The van der Waals surface area contributed by atoms with Gasteiger partial charge in [0.05, 0.1) is 21.1 Å². The number of imidazole rings is 1. The average Bonchev–Trinajstić information content (AvgIpc) is 2.72. The van der Waals surface area contributed by atoms with Crippen LogP contribution in [0, 0.1) is 11.6 Å². The lowest BCUT2D eigenvalue weighted by molar-refractivity contribution is 0.469. The van der Waals surface area contributed by atoms with Crippen molar-refractivity contribution >= 4 is 27.0 Å². The normalized spacial score (nSPS) is 11.1. The van der Waals surface area contributed by atoms with E-state index in [2.05, 4.69) is 25.9 Å². The molecule has 3 nitrogen and oxygen atoms in total. The molecule has 0 aliphatic rings. The fourth-order valence-corrected chi connectivity index (χ4v) is 2.16. The highest BCUT2D eigenvalue weighted by molar-refractivity contribution is 9.10. The fourth-order valence-electron chi connectivity index (χ4n) is 1.83. The van der Waals surface area contributed by atoms with E-state index >= 15 is 0 Å². The molecule has 0 unspecified atom stereocenters. The van der Waals surface area contributed by atoms with E-state index in [9.17, 15) is 13.9 Å². The summed E-state index contributed by atoms with van der Waals surface area (Å²) in [6.07, 6.45) is 0. The maximum absolute atomic E-state index is 13.7. The van der Waals surface area contributed by atoms with Gasteiger partial charge in [-0.05, 0) is 34.1 Å². The Morgan fingerprint density at radius 1 is 1.11 bits per heavy atom. The highest BCUT2D eigenvalue weighted by Gasteiger charge is 2.12. The summed E-state index contributed by atoms with van der Waals surface area (Å²) in [4.78, 5) is 7.05. The van der Waals surface area contributed by atoms with Gasteiger partial charge < -0.3 is 10.1 Å². The van der Waals surface area contributed by atoms with E-state index < -0.39 is 11.6 Å². The summed E-state index contributed by atoms with van der Waals surface area (Å²) >= 11 is 3.07. The van der Waals surface area contributed by atoms with E-state index in [0.29, 0.717) is 15.5 Å². The van der Waals surface area contributed by atoms with Crippen LogP contribution in [0.3, 0.4) is 0 Å². The van der Waals surface area contributed by atoms with Gasteiger partial charge in [-0.3, -0.25) is 0 Å². The van der Waals surface area contributed by atoms with Gasteiger partial charge in [-0.2, -0.15) is 0 Å². The number of phenolic OH excluding ortho intramolecular Hbond substituents is 1. The summed E-state index contributed by atoms with van der Waals surface area (Å²) in [5.74, 6) is -0.899. The van der Waals surface area contributed by atoms with Gasteiger partial charge in [-0.1, -0.05) is 0 Å². The van der Waals surface area contributed by atoms with Crippen molar-refractivity contribution in [1.82, 2.24) is 9.97 Å². The molecule has 0 fully saturated rings. The minimum atomic E-state index is -0.599. The number of nitrogens with zero attached hydrogens (tertiary/aromatic N) is 1. The second-order valence-electron chi connectivity index (χ2n) is 4.03. The van der Waals surface area contributed by atoms with E-state index in [4.69, 9.17) is 0 Å². The molecule has 3 rings (SSSR count). The zero-order valence-electron chi connectivity index (χ0n) is 9.42. The van der Waals surface area contributed by atoms with E-state index in [0.717, 1.165) is 6.07 Å². The van der Waals surface area contributed by atoms with Crippen molar-refractivity contribution < 1.29 is 13.9 Å². The molecule has 2 N–H and O–H groups in total. The Bertz CT molecular complexity index is 747. The maximum Gasteiger partial charge on any atom is 0.141 e. The Morgan fingerprint density at radius 3 is 2.63 bits per heavy atom. The first-order valence-corrected chi connectivity index (χ1v) is 6.17. The predicted octanol–water partition coefficient (Wildman–Crippen LogP) is 3.98. The summed E-state index contributed by atoms with van der Waals surface area (Å²) < 4.78 is 27.4. The zero-order valence-corrected chi connectivity index (χ0v) is 11.0. The number of rotatable bonds is 1. The highest BCUT2D eigenvalue weighted by Crippen LogP contribution is 2.28. The molecule has 0 saturated carbocycles. The quantitative estimate of drug-likeness (QED) is 0.711. The molecular formula is C13H7BrF2N2O. The standard InChI is InChI=1S/C13H7BrF2N2O/c14-8-4-11-12(5-10(8)16)18-13(17-11)7-2-1-6(19)3-9(7)15/h1-5,19H,(H,17,18). The third kappa shape index (κ3) is 2.08. The molecule has 0 bridgehead atoms. The number of phenols is 1. The number of aromatic hydroxyl groups is 1. The maximum atomic E-state index is 13.7. The molecule has 0 amide bonds. The monoisotopic (exact) mass is 324 g/mol. The number of halogens is 3. The Labute approximate surface area is 115 Å². The molecule has 1 aromatic heterocycles. The molecule has 0 radical (unpaired) electrons. The van der Waals surface area contributed by atoms with E-state index in [-0.39, 0.29) is 17.1 Å². The van der Waals surface area contributed by atoms with Crippen molar-refractivity contribution in [3.63, 3.8) is 0 Å². The Hall–Kier alpha value is -1.95. The molecule has 0 atom stereocenters. The molecule has 0 saturated heterocycles. The number of aromatic amines is 1. The van der Waals surface area contributed by atoms with Gasteiger partial charge in [0, 0.05) is 12.1 Å². The molecule has 96 valence electrons. The van der Waals surface area contributed by atoms with Crippen LogP contribution in [0.15, 0.2) is 34.8 Å². The highest BCUT2D eigenvalue weighted by atomic mass is 79.9. The lowest BCUT2D eigenvalue weighted by Gasteiger charge is -1.99. The van der Waals surface area contributed by atoms with Crippen molar-refractivity contribution in [2.75, 3.05) is 0 Å². The van der Waals surface area contributed by atoms with Crippen LogP contribution in [-0.2, 0) is 0 Å². The Morgan fingerprint density at radius 2 is 1.89 bits per heavy atom. The van der Waals surface area contributed by atoms with Gasteiger partial charge in [0.25, 0.3) is 0 Å².